The van der Waals surface area contributed by atoms with Gasteiger partial charge >= 0.3 is 5.97 Å². The van der Waals surface area contributed by atoms with Crippen LogP contribution in [0.25, 0.3) is 0 Å². The molecule has 3 aromatic rings. The lowest BCUT2D eigenvalue weighted by molar-refractivity contribution is -0.133. The number of hydrogen-bond acceptors (Lipinski definition) is 5. The highest BCUT2D eigenvalue weighted by Crippen LogP contribution is 2.30. The van der Waals surface area contributed by atoms with E-state index in [1.807, 2.05) is 62.4 Å². The highest BCUT2D eigenvalue weighted by Gasteiger charge is 2.48. The van der Waals surface area contributed by atoms with Gasteiger partial charge in [-0.1, -0.05) is 48.5 Å². The predicted molar refractivity (Wildman–Crippen MR) is 131 cm³/mol. The van der Waals surface area contributed by atoms with Crippen molar-refractivity contribution < 1.29 is 19.1 Å². The summed E-state index contributed by atoms with van der Waals surface area (Å²) >= 11 is 0. The van der Waals surface area contributed by atoms with E-state index >= 15 is 0 Å². The van der Waals surface area contributed by atoms with Crippen molar-refractivity contribution in [2.45, 2.75) is 52.9 Å². The van der Waals surface area contributed by atoms with Crippen LogP contribution in [-0.4, -0.2) is 44.6 Å². The first kappa shape index (κ1) is 24.2. The van der Waals surface area contributed by atoms with Crippen LogP contribution in [0.1, 0.15) is 57.1 Å². The van der Waals surface area contributed by atoms with E-state index in [0.29, 0.717) is 6.54 Å². The van der Waals surface area contributed by atoms with Gasteiger partial charge in [0.25, 0.3) is 5.91 Å². The lowest BCUT2D eigenvalue weighted by atomic mass is 9.93. The fourth-order valence-corrected chi connectivity index (χ4v) is 4.32. The molecule has 4 rings (SSSR count). The Balaban J connectivity index is 1.70. The quantitative estimate of drug-likeness (QED) is 0.530. The third-order valence-electron chi connectivity index (χ3n) is 6.61. The zero-order valence-corrected chi connectivity index (χ0v) is 20.5. The van der Waals surface area contributed by atoms with Gasteiger partial charge in [0.05, 0.1) is 13.2 Å². The first-order chi connectivity index (χ1) is 16.7. The Morgan fingerprint density at radius 2 is 1.86 bits per heavy atom. The summed E-state index contributed by atoms with van der Waals surface area (Å²) in [5.74, 6) is -1.25. The van der Waals surface area contributed by atoms with Crippen LogP contribution in [0.15, 0.2) is 54.6 Å². The number of nitrogens with zero attached hydrogens (tertiary/aromatic N) is 3. The molecule has 0 fully saturated rings. The molecule has 2 aromatic carbocycles. The van der Waals surface area contributed by atoms with Crippen LogP contribution < -0.4 is 5.32 Å². The number of hydrogen-bond donors (Lipinski definition) is 1. The van der Waals surface area contributed by atoms with Gasteiger partial charge in [0.1, 0.15) is 11.2 Å². The van der Waals surface area contributed by atoms with E-state index in [1.54, 1.807) is 18.7 Å². The third kappa shape index (κ3) is 4.69. The maximum Gasteiger partial charge on any atom is 0.358 e. The molecule has 0 saturated carbocycles. The Bertz CT molecular complexity index is 1270. The van der Waals surface area contributed by atoms with Crippen molar-refractivity contribution in [2.24, 2.45) is 0 Å². The summed E-state index contributed by atoms with van der Waals surface area (Å²) in [6.07, 6.45) is 0. The summed E-state index contributed by atoms with van der Waals surface area (Å²) < 4.78 is 6.50. The highest BCUT2D eigenvalue weighted by atomic mass is 16.5. The monoisotopic (exact) mass is 474 g/mol. The van der Waals surface area contributed by atoms with Crippen molar-refractivity contribution in [3.63, 3.8) is 0 Å². The van der Waals surface area contributed by atoms with E-state index < -0.39 is 11.5 Å². The summed E-state index contributed by atoms with van der Waals surface area (Å²) in [5.41, 5.74) is 3.17. The number of aromatic nitrogens is 2. The van der Waals surface area contributed by atoms with Crippen LogP contribution in [0, 0.1) is 13.8 Å². The zero-order chi connectivity index (χ0) is 25.2. The summed E-state index contributed by atoms with van der Waals surface area (Å²) in [4.78, 5) is 41.2. The number of aryl methyl sites for hydroxylation is 1. The van der Waals surface area contributed by atoms with E-state index in [0.717, 1.165) is 22.3 Å². The highest BCUT2D eigenvalue weighted by molar-refractivity contribution is 6.01. The topological polar surface area (TPSA) is 93.5 Å². The standard InChI is InChI=1S/C27H30N4O4/c1-5-35-25(33)22-14-23-24(32)30(16-21-13-9-10-18(2)19(21)3)27(4,17-31(23)29-22)26(34)28-15-20-11-7-6-8-12-20/h6-14H,5,15-17H2,1-4H3,(H,28,34). The minimum Gasteiger partial charge on any atom is -0.461 e. The van der Waals surface area contributed by atoms with Crippen LogP contribution >= 0.6 is 0 Å². The molecule has 35 heavy (non-hydrogen) atoms. The molecule has 182 valence electrons. The fraction of sp³-hybridized carbons (Fsp3) is 0.333. The molecule has 0 saturated heterocycles. The lowest BCUT2D eigenvalue weighted by Gasteiger charge is -2.43. The lowest BCUT2D eigenvalue weighted by Crippen LogP contribution is -2.63. The summed E-state index contributed by atoms with van der Waals surface area (Å²) in [7, 11) is 0. The Kier molecular flexibility index (Phi) is 6.73. The molecule has 1 aromatic heterocycles. The van der Waals surface area contributed by atoms with Crippen molar-refractivity contribution in [3.8, 4) is 0 Å². The van der Waals surface area contributed by atoms with Crippen molar-refractivity contribution in [3.05, 3.63) is 88.2 Å². The van der Waals surface area contributed by atoms with Gasteiger partial charge in [-0.2, -0.15) is 5.10 Å². The molecule has 8 nitrogen and oxygen atoms in total. The molecule has 1 unspecified atom stereocenters. The van der Waals surface area contributed by atoms with E-state index in [9.17, 15) is 14.4 Å². The molecule has 1 N–H and O–H groups in total. The predicted octanol–water partition coefficient (Wildman–Crippen LogP) is 3.41. The molecule has 1 atom stereocenters. The largest absolute Gasteiger partial charge is 0.461 e. The average Bonchev–Trinajstić information content (AvgIpc) is 3.27. The summed E-state index contributed by atoms with van der Waals surface area (Å²) in [6.45, 7) is 8.37. The molecule has 2 heterocycles. The Labute approximate surface area is 204 Å². The van der Waals surface area contributed by atoms with E-state index in [1.165, 1.54) is 10.7 Å². The minimum absolute atomic E-state index is 0.0517. The van der Waals surface area contributed by atoms with Gasteiger partial charge in [-0.3, -0.25) is 14.3 Å². The smallest absolute Gasteiger partial charge is 0.358 e. The van der Waals surface area contributed by atoms with Crippen LogP contribution in [0.3, 0.4) is 0 Å². The second kappa shape index (κ2) is 9.74. The van der Waals surface area contributed by atoms with E-state index in [-0.39, 0.29) is 42.9 Å². The van der Waals surface area contributed by atoms with Crippen LogP contribution in [-0.2, 0) is 29.2 Å². The van der Waals surface area contributed by atoms with Crippen molar-refractivity contribution in [2.75, 3.05) is 6.61 Å². The average molecular weight is 475 g/mol. The molecule has 0 spiro atoms. The number of ether oxygens (including phenoxy) is 1. The number of amides is 2. The molecule has 1 aliphatic rings. The first-order valence-corrected chi connectivity index (χ1v) is 11.7. The molecular formula is C27H30N4O4. The first-order valence-electron chi connectivity index (χ1n) is 11.7. The van der Waals surface area contributed by atoms with Crippen LogP contribution in [0.4, 0.5) is 0 Å². The second-order valence-corrected chi connectivity index (χ2v) is 8.99. The van der Waals surface area contributed by atoms with Gasteiger partial charge < -0.3 is 15.0 Å². The molecule has 0 aliphatic carbocycles. The number of carbonyl (C=O) groups excluding carboxylic acids is 3. The van der Waals surface area contributed by atoms with Crippen molar-refractivity contribution >= 4 is 17.8 Å². The minimum atomic E-state index is -1.23. The van der Waals surface area contributed by atoms with Gasteiger partial charge in [-0.15, -0.1) is 0 Å². The second-order valence-electron chi connectivity index (χ2n) is 8.99. The van der Waals surface area contributed by atoms with E-state index in [2.05, 4.69) is 10.4 Å². The molecule has 1 aliphatic heterocycles. The fourth-order valence-electron chi connectivity index (χ4n) is 4.32. The van der Waals surface area contributed by atoms with Gasteiger partial charge in [0.15, 0.2) is 5.69 Å². The van der Waals surface area contributed by atoms with Crippen molar-refractivity contribution in [1.29, 1.82) is 0 Å². The Morgan fingerprint density at radius 3 is 2.57 bits per heavy atom. The molecule has 8 heteroatoms. The maximum atomic E-state index is 13.7. The normalized spacial score (nSPS) is 17.1. The Hall–Kier alpha value is -3.94. The zero-order valence-electron chi connectivity index (χ0n) is 20.5. The Morgan fingerprint density at radius 1 is 1.11 bits per heavy atom. The van der Waals surface area contributed by atoms with Crippen molar-refractivity contribution in [1.82, 2.24) is 20.0 Å². The molecular weight excluding hydrogens is 444 g/mol. The number of fused-ring (bicyclic) bond motifs is 1. The maximum absolute atomic E-state index is 13.7. The SMILES string of the molecule is CCOC(=O)c1cc2n(n1)CC(C)(C(=O)NCc1ccccc1)N(Cc1cccc(C)c1C)C2=O. The number of rotatable bonds is 7. The third-order valence-corrected chi connectivity index (χ3v) is 6.61. The summed E-state index contributed by atoms with van der Waals surface area (Å²) in [5, 5.41) is 7.29. The number of nitrogens with one attached hydrogen (secondary N) is 1. The number of esters is 1. The molecule has 0 radical (unpaired) electrons. The number of carbonyl (C=O) groups is 3. The van der Waals surface area contributed by atoms with Gasteiger partial charge in [0, 0.05) is 19.2 Å². The number of benzene rings is 2. The summed E-state index contributed by atoms with van der Waals surface area (Å²) in [6, 6.07) is 17.0. The van der Waals surface area contributed by atoms with Crippen LogP contribution in [0.5, 0.6) is 0 Å². The van der Waals surface area contributed by atoms with Gasteiger partial charge in [-0.25, -0.2) is 4.79 Å². The van der Waals surface area contributed by atoms with Gasteiger partial charge in [-0.05, 0) is 49.9 Å². The van der Waals surface area contributed by atoms with Crippen LogP contribution in [0.2, 0.25) is 0 Å². The molecule has 0 bridgehead atoms. The van der Waals surface area contributed by atoms with Gasteiger partial charge in [0.2, 0.25) is 5.91 Å². The molecule has 2 amide bonds. The van der Waals surface area contributed by atoms with E-state index in [4.69, 9.17) is 4.74 Å².